The molecule has 1 aliphatic heterocycles. The summed E-state index contributed by atoms with van der Waals surface area (Å²) in [6.07, 6.45) is 0. The molecule has 4 rings (SSSR count). The van der Waals surface area contributed by atoms with Gasteiger partial charge >= 0.3 is 0 Å². The van der Waals surface area contributed by atoms with Crippen LogP contribution in [0.2, 0.25) is 10.0 Å². The summed E-state index contributed by atoms with van der Waals surface area (Å²) in [6.45, 7) is 2.74. The molecule has 0 aromatic heterocycles. The minimum atomic E-state index is -0.354. The number of carbonyl (C=O) groups is 2. The largest absolute Gasteiger partial charge is 0.368 e. The van der Waals surface area contributed by atoms with Gasteiger partial charge in [0.15, 0.2) is 0 Å². The Morgan fingerprint density at radius 1 is 0.774 bits per heavy atom. The average molecular weight is 454 g/mol. The van der Waals surface area contributed by atoms with Crippen molar-refractivity contribution in [2.24, 2.45) is 0 Å². The van der Waals surface area contributed by atoms with E-state index in [1.807, 2.05) is 23.1 Å². The summed E-state index contributed by atoms with van der Waals surface area (Å²) in [7, 11) is 0. The molecule has 0 saturated carbocycles. The van der Waals surface area contributed by atoms with Crippen LogP contribution in [-0.2, 0) is 0 Å². The number of nitrogens with one attached hydrogen (secondary N) is 1. The molecule has 158 valence electrons. The Morgan fingerprint density at radius 3 is 2.16 bits per heavy atom. The van der Waals surface area contributed by atoms with Gasteiger partial charge in [0.1, 0.15) is 0 Å². The van der Waals surface area contributed by atoms with Gasteiger partial charge in [-0.05, 0) is 42.5 Å². The molecule has 3 aromatic rings. The van der Waals surface area contributed by atoms with Crippen LogP contribution in [0.5, 0.6) is 0 Å². The van der Waals surface area contributed by atoms with E-state index < -0.39 is 0 Å². The predicted molar refractivity (Wildman–Crippen MR) is 125 cm³/mol. The summed E-state index contributed by atoms with van der Waals surface area (Å²) in [5.74, 6) is -0.453. The van der Waals surface area contributed by atoms with Gasteiger partial charge in [0.05, 0.1) is 21.3 Å². The van der Waals surface area contributed by atoms with Gasteiger partial charge in [0.2, 0.25) is 0 Å². The smallest absolute Gasteiger partial charge is 0.256 e. The Balaban J connectivity index is 1.46. The molecule has 0 bridgehead atoms. The van der Waals surface area contributed by atoms with Crippen LogP contribution in [0, 0.1) is 0 Å². The fraction of sp³-hybridized carbons (Fsp3) is 0.167. The van der Waals surface area contributed by atoms with Crippen LogP contribution >= 0.6 is 23.2 Å². The monoisotopic (exact) mass is 453 g/mol. The van der Waals surface area contributed by atoms with E-state index in [4.69, 9.17) is 23.2 Å². The molecule has 5 nitrogen and oxygen atoms in total. The van der Waals surface area contributed by atoms with Crippen LogP contribution in [0.25, 0.3) is 0 Å². The zero-order chi connectivity index (χ0) is 21.8. The van der Waals surface area contributed by atoms with Gasteiger partial charge in [0.25, 0.3) is 11.8 Å². The number of benzene rings is 3. The minimum Gasteiger partial charge on any atom is -0.368 e. The number of halogens is 2. The van der Waals surface area contributed by atoms with Crippen LogP contribution in [0.15, 0.2) is 72.8 Å². The highest BCUT2D eigenvalue weighted by molar-refractivity contribution is 6.42. The molecule has 0 unspecified atom stereocenters. The van der Waals surface area contributed by atoms with Crippen molar-refractivity contribution in [3.63, 3.8) is 0 Å². The number of rotatable bonds is 4. The lowest BCUT2D eigenvalue weighted by atomic mass is 10.1. The number of anilines is 2. The maximum absolute atomic E-state index is 13.2. The van der Waals surface area contributed by atoms with Gasteiger partial charge < -0.3 is 15.1 Å². The van der Waals surface area contributed by atoms with Crippen molar-refractivity contribution in [2.45, 2.75) is 0 Å². The molecule has 2 amide bonds. The van der Waals surface area contributed by atoms with E-state index >= 15 is 0 Å². The van der Waals surface area contributed by atoms with Crippen LogP contribution in [0.3, 0.4) is 0 Å². The van der Waals surface area contributed by atoms with Crippen molar-refractivity contribution in [3.8, 4) is 0 Å². The topological polar surface area (TPSA) is 52.7 Å². The molecule has 1 saturated heterocycles. The molecule has 7 heteroatoms. The summed E-state index contributed by atoms with van der Waals surface area (Å²) in [5.41, 5.74) is 2.45. The highest BCUT2D eigenvalue weighted by atomic mass is 35.5. The fourth-order valence-electron chi connectivity index (χ4n) is 3.59. The van der Waals surface area contributed by atoms with E-state index in [-0.39, 0.29) is 11.8 Å². The normalized spacial score (nSPS) is 13.7. The SMILES string of the molecule is O=C(Nc1ccccc1C(=O)N1CCN(c2ccccc2)CC1)c1ccc(Cl)c(Cl)c1. The molecular weight excluding hydrogens is 433 g/mol. The van der Waals surface area contributed by atoms with Gasteiger partial charge in [-0.15, -0.1) is 0 Å². The zero-order valence-corrected chi connectivity index (χ0v) is 18.2. The van der Waals surface area contributed by atoms with E-state index in [9.17, 15) is 9.59 Å². The van der Waals surface area contributed by atoms with E-state index in [0.717, 1.165) is 18.8 Å². The van der Waals surface area contributed by atoms with E-state index in [1.54, 1.807) is 36.4 Å². The lowest BCUT2D eigenvalue weighted by Crippen LogP contribution is -2.48. The first-order valence-electron chi connectivity index (χ1n) is 9.97. The van der Waals surface area contributed by atoms with E-state index in [0.29, 0.717) is 39.9 Å². The molecule has 1 fully saturated rings. The Morgan fingerprint density at radius 2 is 1.45 bits per heavy atom. The van der Waals surface area contributed by atoms with Gasteiger partial charge in [-0.3, -0.25) is 9.59 Å². The van der Waals surface area contributed by atoms with Crippen LogP contribution in [-0.4, -0.2) is 42.9 Å². The summed E-state index contributed by atoms with van der Waals surface area (Å²) < 4.78 is 0. The number of hydrogen-bond acceptors (Lipinski definition) is 3. The molecule has 1 aliphatic rings. The molecule has 31 heavy (non-hydrogen) atoms. The Bertz CT molecular complexity index is 1100. The molecular formula is C24H21Cl2N3O2. The number of piperazine rings is 1. The van der Waals surface area contributed by atoms with Crippen LogP contribution in [0.1, 0.15) is 20.7 Å². The number of amides is 2. The number of carbonyl (C=O) groups excluding carboxylic acids is 2. The lowest BCUT2D eigenvalue weighted by Gasteiger charge is -2.36. The highest BCUT2D eigenvalue weighted by Gasteiger charge is 2.24. The third kappa shape index (κ3) is 4.84. The second kappa shape index (κ2) is 9.41. The van der Waals surface area contributed by atoms with Crippen molar-refractivity contribution in [1.29, 1.82) is 0 Å². The highest BCUT2D eigenvalue weighted by Crippen LogP contribution is 2.24. The second-order valence-electron chi connectivity index (χ2n) is 7.24. The molecule has 0 aliphatic carbocycles. The Kier molecular flexibility index (Phi) is 6.44. The van der Waals surface area contributed by atoms with E-state index in [2.05, 4.69) is 22.3 Å². The quantitative estimate of drug-likeness (QED) is 0.589. The third-order valence-corrected chi connectivity index (χ3v) is 6.01. The van der Waals surface area contributed by atoms with Crippen LogP contribution < -0.4 is 10.2 Å². The molecule has 0 atom stereocenters. The van der Waals surface area contributed by atoms with Crippen molar-refractivity contribution in [1.82, 2.24) is 4.90 Å². The molecule has 3 aromatic carbocycles. The number of hydrogen-bond donors (Lipinski definition) is 1. The molecule has 0 radical (unpaired) electrons. The first-order valence-corrected chi connectivity index (χ1v) is 10.7. The average Bonchev–Trinajstić information content (AvgIpc) is 2.81. The number of nitrogens with zero attached hydrogens (tertiary/aromatic N) is 2. The van der Waals surface area contributed by atoms with Crippen molar-refractivity contribution in [3.05, 3.63) is 94.0 Å². The summed E-state index contributed by atoms with van der Waals surface area (Å²) in [6, 6.07) is 21.9. The van der Waals surface area contributed by atoms with Crippen molar-refractivity contribution < 1.29 is 9.59 Å². The predicted octanol–water partition coefficient (Wildman–Crippen LogP) is 5.21. The van der Waals surface area contributed by atoms with Gasteiger partial charge in [-0.1, -0.05) is 53.5 Å². The van der Waals surface area contributed by atoms with Crippen molar-refractivity contribution in [2.75, 3.05) is 36.4 Å². The second-order valence-corrected chi connectivity index (χ2v) is 8.06. The maximum atomic E-state index is 13.2. The summed E-state index contributed by atoms with van der Waals surface area (Å²) in [5, 5.41) is 3.51. The standard InChI is InChI=1S/C24H21Cl2N3O2/c25-20-11-10-17(16-21(20)26)23(30)27-22-9-5-4-8-19(22)24(31)29-14-12-28(13-15-29)18-6-2-1-3-7-18/h1-11,16H,12-15H2,(H,27,30). The third-order valence-electron chi connectivity index (χ3n) is 5.28. The fourth-order valence-corrected chi connectivity index (χ4v) is 3.89. The molecule has 1 N–H and O–H groups in total. The van der Waals surface area contributed by atoms with Gasteiger partial charge in [-0.2, -0.15) is 0 Å². The molecule has 0 spiro atoms. The minimum absolute atomic E-state index is 0.0993. The van der Waals surface area contributed by atoms with Gasteiger partial charge in [0, 0.05) is 37.4 Å². The first kappa shape index (κ1) is 21.2. The van der Waals surface area contributed by atoms with Crippen molar-refractivity contribution >= 4 is 46.4 Å². The Labute approximate surface area is 191 Å². The summed E-state index contributed by atoms with van der Waals surface area (Å²) in [4.78, 5) is 30.0. The summed E-state index contributed by atoms with van der Waals surface area (Å²) >= 11 is 12.0. The van der Waals surface area contributed by atoms with Gasteiger partial charge in [-0.25, -0.2) is 0 Å². The maximum Gasteiger partial charge on any atom is 0.256 e. The zero-order valence-electron chi connectivity index (χ0n) is 16.7. The molecule has 1 heterocycles. The van der Waals surface area contributed by atoms with E-state index in [1.165, 1.54) is 6.07 Å². The first-order chi connectivity index (χ1) is 15.0. The Hall–Kier alpha value is -3.02. The van der Waals surface area contributed by atoms with Crippen LogP contribution in [0.4, 0.5) is 11.4 Å². The number of para-hydroxylation sites is 2. The lowest BCUT2D eigenvalue weighted by molar-refractivity contribution is 0.0748.